The van der Waals surface area contributed by atoms with E-state index in [0.717, 1.165) is 26.1 Å². The van der Waals surface area contributed by atoms with Gasteiger partial charge in [0.15, 0.2) is 0 Å². The molecule has 0 spiro atoms. The van der Waals surface area contributed by atoms with Gasteiger partial charge in [-0.3, -0.25) is 14.5 Å². The maximum absolute atomic E-state index is 12.7. The van der Waals surface area contributed by atoms with Crippen molar-refractivity contribution in [3.63, 3.8) is 0 Å². The minimum absolute atomic E-state index is 0.151. The highest BCUT2D eigenvalue weighted by atomic mass is 32.2. The van der Waals surface area contributed by atoms with Gasteiger partial charge in [-0.25, -0.2) is 8.42 Å². The topological polar surface area (TPSA) is 115 Å². The Kier molecular flexibility index (Phi) is 5.72. The summed E-state index contributed by atoms with van der Waals surface area (Å²) >= 11 is 0. The number of carbonyl (C=O) groups excluding carboxylic acids is 1. The molecule has 1 unspecified atom stereocenters. The zero-order valence-corrected chi connectivity index (χ0v) is 16.9. The molecule has 8 nitrogen and oxygen atoms in total. The van der Waals surface area contributed by atoms with Crippen LogP contribution >= 0.6 is 0 Å². The van der Waals surface area contributed by atoms with E-state index in [4.69, 9.17) is 0 Å². The number of sulfonamides is 1. The zero-order chi connectivity index (χ0) is 20.4. The lowest BCUT2D eigenvalue weighted by Crippen LogP contribution is -2.56. The number of piperidine rings is 1. The zero-order valence-electron chi connectivity index (χ0n) is 16.1. The van der Waals surface area contributed by atoms with Crippen LogP contribution in [0.1, 0.15) is 38.7 Å². The fraction of sp³-hybridized carbons (Fsp3) is 0.526. The van der Waals surface area contributed by atoms with E-state index in [9.17, 15) is 18.5 Å². The molecule has 0 bridgehead atoms. The van der Waals surface area contributed by atoms with Gasteiger partial charge in [0.05, 0.1) is 11.0 Å². The molecule has 0 aliphatic carbocycles. The van der Waals surface area contributed by atoms with E-state index in [1.807, 2.05) is 0 Å². The maximum atomic E-state index is 12.7. The van der Waals surface area contributed by atoms with Crippen molar-refractivity contribution in [1.82, 2.24) is 14.9 Å². The molecule has 0 aromatic heterocycles. The highest BCUT2D eigenvalue weighted by molar-refractivity contribution is 7.90. The van der Waals surface area contributed by atoms with Crippen molar-refractivity contribution >= 4 is 21.8 Å². The van der Waals surface area contributed by atoms with E-state index in [1.54, 1.807) is 25.1 Å². The summed E-state index contributed by atoms with van der Waals surface area (Å²) in [5.41, 5.74) is -0.451. The van der Waals surface area contributed by atoms with Crippen molar-refractivity contribution in [2.75, 3.05) is 19.6 Å². The first-order chi connectivity index (χ1) is 13.3. The predicted molar refractivity (Wildman–Crippen MR) is 105 cm³/mol. The minimum Gasteiger partial charge on any atom is -0.336 e. The quantitative estimate of drug-likeness (QED) is 0.761. The van der Waals surface area contributed by atoms with Gasteiger partial charge in [0.25, 0.3) is 10.0 Å². The number of fused-ring (bicyclic) bond motifs is 1. The Bertz CT molecular complexity index is 927. The molecular weight excluding hydrogens is 378 g/mol. The molecule has 1 saturated heterocycles. The van der Waals surface area contributed by atoms with Crippen molar-refractivity contribution in [1.29, 1.82) is 5.26 Å². The summed E-state index contributed by atoms with van der Waals surface area (Å²) < 4.78 is 26.7. The number of hydrogen-bond donors (Lipinski definition) is 2. The lowest BCUT2D eigenvalue weighted by molar-refractivity contribution is -0.123. The fourth-order valence-corrected chi connectivity index (χ4v) is 4.80. The van der Waals surface area contributed by atoms with Crippen LogP contribution in [0.15, 0.2) is 34.2 Å². The molecule has 0 radical (unpaired) electrons. The summed E-state index contributed by atoms with van der Waals surface area (Å²) in [5, 5.41) is 12.5. The molecule has 1 atom stereocenters. The fourth-order valence-electron chi connectivity index (χ4n) is 3.56. The number of hydrogen-bond acceptors (Lipinski definition) is 6. The normalized spacial score (nSPS) is 22.7. The van der Waals surface area contributed by atoms with E-state index in [0.29, 0.717) is 18.4 Å². The number of nitriles is 1. The van der Waals surface area contributed by atoms with Gasteiger partial charge < -0.3 is 10.2 Å². The number of aliphatic imine (C=N–C) groups is 1. The Hall–Kier alpha value is -2.44. The number of nitrogens with one attached hydrogen (secondary N) is 2. The lowest BCUT2D eigenvalue weighted by atomic mass is 9.88. The highest BCUT2D eigenvalue weighted by Gasteiger charge is 2.37. The summed E-state index contributed by atoms with van der Waals surface area (Å²) in [6.45, 7) is 6.22. The molecule has 150 valence electrons. The second-order valence-corrected chi connectivity index (χ2v) is 8.93. The molecule has 3 rings (SSSR count). The van der Waals surface area contributed by atoms with Gasteiger partial charge in [0.1, 0.15) is 17.4 Å². The third-order valence-corrected chi connectivity index (χ3v) is 6.59. The second-order valence-electron chi connectivity index (χ2n) is 7.28. The Labute approximate surface area is 165 Å². The van der Waals surface area contributed by atoms with Crippen LogP contribution in [0.5, 0.6) is 0 Å². The number of benzene rings is 1. The van der Waals surface area contributed by atoms with Gasteiger partial charge in [0, 0.05) is 18.7 Å². The Balaban J connectivity index is 1.72. The predicted octanol–water partition coefficient (Wildman–Crippen LogP) is 0.998. The summed E-state index contributed by atoms with van der Waals surface area (Å²) in [5.74, 6) is -0.233. The van der Waals surface area contributed by atoms with Gasteiger partial charge in [-0.1, -0.05) is 19.1 Å². The number of amidine groups is 1. The molecule has 9 heteroatoms. The van der Waals surface area contributed by atoms with Crippen molar-refractivity contribution in [2.24, 2.45) is 4.99 Å². The monoisotopic (exact) mass is 403 g/mol. The number of likely N-dealkylation sites (tertiary alicyclic amines) is 1. The van der Waals surface area contributed by atoms with E-state index in [1.165, 1.54) is 6.07 Å². The van der Waals surface area contributed by atoms with Crippen LogP contribution < -0.4 is 10.0 Å². The molecule has 28 heavy (non-hydrogen) atoms. The Morgan fingerprint density at radius 1 is 1.39 bits per heavy atom. The first-order valence-electron chi connectivity index (χ1n) is 9.46. The first kappa shape index (κ1) is 20.3. The van der Waals surface area contributed by atoms with Gasteiger partial charge in [-0.15, -0.1) is 0 Å². The average Bonchev–Trinajstić information content (AvgIpc) is 2.94. The van der Waals surface area contributed by atoms with E-state index >= 15 is 0 Å². The highest BCUT2D eigenvalue weighted by Crippen LogP contribution is 2.24. The number of rotatable bonds is 5. The van der Waals surface area contributed by atoms with E-state index in [2.05, 4.69) is 32.9 Å². The van der Waals surface area contributed by atoms with Gasteiger partial charge >= 0.3 is 0 Å². The molecule has 1 amide bonds. The second kappa shape index (κ2) is 7.89. The summed E-state index contributed by atoms with van der Waals surface area (Å²) in [7, 11) is -3.65. The van der Waals surface area contributed by atoms with E-state index < -0.39 is 21.6 Å². The van der Waals surface area contributed by atoms with Gasteiger partial charge in [-0.05, 0) is 44.9 Å². The molecule has 2 aliphatic heterocycles. The van der Waals surface area contributed by atoms with Crippen LogP contribution in [0.25, 0.3) is 0 Å². The lowest BCUT2D eigenvalue weighted by Gasteiger charge is -2.37. The summed E-state index contributed by atoms with van der Waals surface area (Å²) in [4.78, 5) is 19.4. The van der Waals surface area contributed by atoms with Crippen LogP contribution in [-0.4, -0.2) is 56.3 Å². The molecule has 2 aliphatic rings. The van der Waals surface area contributed by atoms with Gasteiger partial charge in [0.2, 0.25) is 5.91 Å². The van der Waals surface area contributed by atoms with Crippen LogP contribution in [0.3, 0.4) is 0 Å². The third kappa shape index (κ3) is 4.03. The summed E-state index contributed by atoms with van der Waals surface area (Å²) in [6.07, 6.45) is 2.18. The van der Waals surface area contributed by atoms with Crippen molar-refractivity contribution < 1.29 is 13.2 Å². The van der Waals surface area contributed by atoms with Crippen molar-refractivity contribution in [2.45, 2.75) is 49.6 Å². The van der Waals surface area contributed by atoms with Gasteiger partial charge in [-0.2, -0.15) is 5.26 Å². The summed E-state index contributed by atoms with van der Waals surface area (Å²) in [6, 6.07) is 7.94. The van der Waals surface area contributed by atoms with Crippen molar-refractivity contribution in [3.05, 3.63) is 29.8 Å². The van der Waals surface area contributed by atoms with Crippen LogP contribution in [0, 0.1) is 11.3 Å². The largest absolute Gasteiger partial charge is 0.336 e. The number of carbonyl (C=O) groups is 1. The molecule has 2 N–H and O–H groups in total. The Morgan fingerprint density at radius 2 is 2.07 bits per heavy atom. The first-order valence-corrected chi connectivity index (χ1v) is 10.9. The third-order valence-electron chi connectivity index (χ3n) is 5.19. The molecule has 2 heterocycles. The van der Waals surface area contributed by atoms with Crippen LogP contribution in [0.4, 0.5) is 0 Å². The number of amides is 1. The average molecular weight is 404 g/mol. The van der Waals surface area contributed by atoms with E-state index in [-0.39, 0.29) is 16.6 Å². The smallest absolute Gasteiger partial charge is 0.263 e. The molecule has 1 aromatic rings. The van der Waals surface area contributed by atoms with Crippen LogP contribution in [0.2, 0.25) is 0 Å². The van der Waals surface area contributed by atoms with Crippen molar-refractivity contribution in [3.8, 4) is 6.07 Å². The SMILES string of the molecule is CCCN1CCC(C#N)(NC(=O)C(C)N=C2NS(=O)(=O)c3ccccc32)CC1. The molecule has 1 aromatic carbocycles. The number of nitrogens with zero attached hydrogens (tertiary/aromatic N) is 3. The maximum Gasteiger partial charge on any atom is 0.263 e. The molecular formula is C19H25N5O3S. The molecule has 1 fully saturated rings. The molecule has 0 saturated carbocycles. The minimum atomic E-state index is -3.65. The van der Waals surface area contributed by atoms with Crippen LogP contribution in [-0.2, 0) is 14.8 Å². The standard InChI is InChI=1S/C19H25N5O3S/c1-3-10-24-11-8-19(13-20,9-12-24)22-18(25)14(2)21-17-15-6-4-5-7-16(15)28(26,27)23-17/h4-7,14H,3,8-12H2,1-2H3,(H,21,23)(H,22,25). The Morgan fingerprint density at radius 3 is 2.71 bits per heavy atom.